The maximum atomic E-state index is 11.2. The molecule has 0 spiro atoms. The van der Waals surface area contributed by atoms with Gasteiger partial charge in [-0.25, -0.2) is 13.6 Å². The highest BCUT2D eigenvalue weighted by Crippen LogP contribution is 2.27. The highest BCUT2D eigenvalue weighted by Gasteiger charge is 2.16. The van der Waals surface area contributed by atoms with E-state index in [4.69, 9.17) is 9.88 Å². The standard InChI is InChI=1S/C13H19NO3S/c1-10-8-12(18(14,15)16)6-7-13(10)17-9-11-4-2-3-5-11/h6-8,11H,2-5,9H2,1H3,(H2,14,15,16). The molecule has 0 atom stereocenters. The fraction of sp³-hybridized carbons (Fsp3) is 0.538. The van der Waals surface area contributed by atoms with Crippen molar-refractivity contribution in [2.24, 2.45) is 11.1 Å². The third-order valence-electron chi connectivity index (χ3n) is 3.42. The number of sulfonamides is 1. The molecule has 2 N–H and O–H groups in total. The fourth-order valence-corrected chi connectivity index (χ4v) is 2.94. The van der Waals surface area contributed by atoms with Crippen molar-refractivity contribution in [3.05, 3.63) is 23.8 Å². The van der Waals surface area contributed by atoms with Gasteiger partial charge in [-0.1, -0.05) is 12.8 Å². The predicted molar refractivity (Wildman–Crippen MR) is 70.0 cm³/mol. The molecule has 0 aromatic heterocycles. The zero-order valence-electron chi connectivity index (χ0n) is 10.6. The van der Waals surface area contributed by atoms with Crippen LogP contribution in [0, 0.1) is 12.8 Å². The molecule has 1 aromatic rings. The lowest BCUT2D eigenvalue weighted by Crippen LogP contribution is -2.13. The molecule has 100 valence electrons. The Morgan fingerprint density at radius 1 is 1.33 bits per heavy atom. The Kier molecular flexibility index (Phi) is 3.92. The number of rotatable bonds is 4. The van der Waals surface area contributed by atoms with E-state index in [-0.39, 0.29) is 4.90 Å². The topological polar surface area (TPSA) is 69.4 Å². The van der Waals surface area contributed by atoms with Crippen LogP contribution in [0.25, 0.3) is 0 Å². The van der Waals surface area contributed by atoms with Gasteiger partial charge in [0.2, 0.25) is 10.0 Å². The molecule has 0 bridgehead atoms. The van der Waals surface area contributed by atoms with E-state index < -0.39 is 10.0 Å². The number of aryl methyl sites for hydroxylation is 1. The van der Waals surface area contributed by atoms with Crippen molar-refractivity contribution >= 4 is 10.0 Å². The summed E-state index contributed by atoms with van der Waals surface area (Å²) in [5, 5.41) is 5.08. The van der Waals surface area contributed by atoms with E-state index in [9.17, 15) is 8.42 Å². The number of benzene rings is 1. The lowest BCUT2D eigenvalue weighted by molar-refractivity contribution is 0.250. The van der Waals surface area contributed by atoms with Gasteiger partial charge in [-0.3, -0.25) is 0 Å². The van der Waals surface area contributed by atoms with E-state index in [2.05, 4.69) is 0 Å². The van der Waals surface area contributed by atoms with Crippen LogP contribution in [-0.4, -0.2) is 15.0 Å². The first-order valence-corrected chi connectivity index (χ1v) is 7.78. The van der Waals surface area contributed by atoms with Crippen molar-refractivity contribution in [2.75, 3.05) is 6.61 Å². The second-order valence-electron chi connectivity index (χ2n) is 4.93. The first-order valence-electron chi connectivity index (χ1n) is 6.23. The number of nitrogens with two attached hydrogens (primary N) is 1. The second kappa shape index (κ2) is 5.28. The average molecular weight is 269 g/mol. The molecule has 1 fully saturated rings. The summed E-state index contributed by atoms with van der Waals surface area (Å²) in [5.74, 6) is 1.39. The van der Waals surface area contributed by atoms with E-state index in [1.807, 2.05) is 6.92 Å². The smallest absolute Gasteiger partial charge is 0.238 e. The summed E-state index contributed by atoms with van der Waals surface area (Å²) in [4.78, 5) is 0.133. The fourth-order valence-electron chi connectivity index (χ4n) is 2.35. The molecule has 0 unspecified atom stereocenters. The van der Waals surface area contributed by atoms with Crippen LogP contribution in [0.3, 0.4) is 0 Å². The maximum absolute atomic E-state index is 11.2. The van der Waals surface area contributed by atoms with Gasteiger partial charge in [0.1, 0.15) is 5.75 Å². The Bertz CT molecular complexity index is 519. The lowest BCUT2D eigenvalue weighted by Gasteiger charge is -2.13. The second-order valence-corrected chi connectivity index (χ2v) is 6.50. The van der Waals surface area contributed by atoms with E-state index >= 15 is 0 Å². The van der Waals surface area contributed by atoms with Crippen LogP contribution >= 0.6 is 0 Å². The molecule has 0 amide bonds. The molecule has 1 aliphatic rings. The molecule has 0 saturated heterocycles. The monoisotopic (exact) mass is 269 g/mol. The minimum Gasteiger partial charge on any atom is -0.493 e. The van der Waals surface area contributed by atoms with Gasteiger partial charge in [0.15, 0.2) is 0 Å². The van der Waals surface area contributed by atoms with Gasteiger partial charge in [0.25, 0.3) is 0 Å². The van der Waals surface area contributed by atoms with Crippen LogP contribution in [-0.2, 0) is 10.0 Å². The molecule has 2 rings (SSSR count). The van der Waals surface area contributed by atoms with Crippen molar-refractivity contribution in [3.8, 4) is 5.75 Å². The number of hydrogen-bond donors (Lipinski definition) is 1. The SMILES string of the molecule is Cc1cc(S(N)(=O)=O)ccc1OCC1CCCC1. The molecule has 5 heteroatoms. The van der Waals surface area contributed by atoms with Crippen molar-refractivity contribution < 1.29 is 13.2 Å². The molecule has 0 heterocycles. The first-order chi connectivity index (χ1) is 8.47. The van der Waals surface area contributed by atoms with Gasteiger partial charge in [-0.15, -0.1) is 0 Å². The largest absolute Gasteiger partial charge is 0.493 e. The van der Waals surface area contributed by atoms with Gasteiger partial charge < -0.3 is 4.74 Å². The van der Waals surface area contributed by atoms with Gasteiger partial charge >= 0.3 is 0 Å². The molecule has 0 radical (unpaired) electrons. The third-order valence-corrected chi connectivity index (χ3v) is 4.34. The Morgan fingerprint density at radius 2 is 2.00 bits per heavy atom. The summed E-state index contributed by atoms with van der Waals surface area (Å²) < 4.78 is 28.2. The van der Waals surface area contributed by atoms with Crippen molar-refractivity contribution in [1.29, 1.82) is 0 Å². The van der Waals surface area contributed by atoms with Crippen LogP contribution in [0.2, 0.25) is 0 Å². The Labute approximate surface area is 108 Å². The zero-order valence-corrected chi connectivity index (χ0v) is 11.4. The molecular formula is C13H19NO3S. The van der Waals surface area contributed by atoms with Gasteiger partial charge in [0, 0.05) is 0 Å². The van der Waals surface area contributed by atoms with E-state index in [1.54, 1.807) is 12.1 Å². The quantitative estimate of drug-likeness (QED) is 0.911. The molecule has 1 aliphatic carbocycles. The number of hydrogen-bond acceptors (Lipinski definition) is 3. The molecule has 0 aliphatic heterocycles. The van der Waals surface area contributed by atoms with Crippen LogP contribution in [0.1, 0.15) is 31.2 Å². The summed E-state index contributed by atoms with van der Waals surface area (Å²) in [5.41, 5.74) is 0.805. The van der Waals surface area contributed by atoms with Gasteiger partial charge in [-0.2, -0.15) is 0 Å². The molecule has 1 saturated carbocycles. The summed E-state index contributed by atoms with van der Waals surface area (Å²) in [6.07, 6.45) is 5.04. The summed E-state index contributed by atoms with van der Waals surface area (Å²) in [6, 6.07) is 4.73. The number of ether oxygens (including phenoxy) is 1. The Balaban J connectivity index is 2.05. The van der Waals surface area contributed by atoms with E-state index in [0.29, 0.717) is 5.92 Å². The van der Waals surface area contributed by atoms with Crippen LogP contribution in [0.5, 0.6) is 5.75 Å². The highest BCUT2D eigenvalue weighted by atomic mass is 32.2. The van der Waals surface area contributed by atoms with Crippen LogP contribution in [0.15, 0.2) is 23.1 Å². The Morgan fingerprint density at radius 3 is 2.56 bits per heavy atom. The first kappa shape index (κ1) is 13.4. The predicted octanol–water partition coefficient (Wildman–Crippen LogP) is 2.21. The highest BCUT2D eigenvalue weighted by molar-refractivity contribution is 7.89. The van der Waals surface area contributed by atoms with Crippen LogP contribution < -0.4 is 9.88 Å². The zero-order chi connectivity index (χ0) is 13.2. The molecular weight excluding hydrogens is 250 g/mol. The molecule has 4 nitrogen and oxygen atoms in total. The van der Waals surface area contributed by atoms with Crippen molar-refractivity contribution in [2.45, 2.75) is 37.5 Å². The van der Waals surface area contributed by atoms with E-state index in [1.165, 1.54) is 31.7 Å². The lowest BCUT2D eigenvalue weighted by atomic mass is 10.1. The van der Waals surface area contributed by atoms with Crippen molar-refractivity contribution in [3.63, 3.8) is 0 Å². The normalized spacial score (nSPS) is 17.0. The molecule has 1 aromatic carbocycles. The minimum atomic E-state index is -3.63. The van der Waals surface area contributed by atoms with Crippen molar-refractivity contribution in [1.82, 2.24) is 0 Å². The maximum Gasteiger partial charge on any atom is 0.238 e. The number of primary sulfonamides is 1. The van der Waals surface area contributed by atoms with E-state index in [0.717, 1.165) is 17.9 Å². The Hall–Kier alpha value is -1.07. The molecule has 18 heavy (non-hydrogen) atoms. The summed E-state index contributed by atoms with van der Waals surface area (Å²) in [6.45, 7) is 2.55. The summed E-state index contributed by atoms with van der Waals surface area (Å²) in [7, 11) is -3.63. The average Bonchev–Trinajstić information content (AvgIpc) is 2.79. The van der Waals surface area contributed by atoms with Crippen LogP contribution in [0.4, 0.5) is 0 Å². The van der Waals surface area contributed by atoms with Gasteiger partial charge in [-0.05, 0) is 49.4 Å². The summed E-state index contributed by atoms with van der Waals surface area (Å²) >= 11 is 0. The third kappa shape index (κ3) is 3.23. The minimum absolute atomic E-state index is 0.133. The van der Waals surface area contributed by atoms with Gasteiger partial charge in [0.05, 0.1) is 11.5 Å².